The molecule has 0 saturated carbocycles. The lowest BCUT2D eigenvalue weighted by molar-refractivity contribution is -0.151. The molecule has 2 unspecified atom stereocenters. The van der Waals surface area contributed by atoms with E-state index in [0.29, 0.717) is 13.0 Å². The van der Waals surface area contributed by atoms with Crippen molar-refractivity contribution in [3.05, 3.63) is 0 Å². The lowest BCUT2D eigenvalue weighted by Gasteiger charge is -2.17. The number of carbonyl (C=O) groups is 1. The first kappa shape index (κ1) is 15.4. The Balaban J connectivity index is 3.62. The molecule has 3 nitrogen and oxygen atoms in total. The van der Waals surface area contributed by atoms with Gasteiger partial charge in [-0.25, -0.2) is 0 Å². The normalized spacial score (nSPS) is 14.5. The number of hydrogen-bond donors (Lipinski definition) is 1. The summed E-state index contributed by atoms with van der Waals surface area (Å²) in [6.45, 7) is 6.07. The van der Waals surface area contributed by atoms with E-state index in [9.17, 15) is 9.90 Å². The van der Waals surface area contributed by atoms with Crippen LogP contribution in [-0.4, -0.2) is 23.8 Å². The van der Waals surface area contributed by atoms with Crippen LogP contribution < -0.4 is 0 Å². The largest absolute Gasteiger partial charge is 0.466 e. The first-order valence-corrected chi connectivity index (χ1v) is 6.48. The van der Waals surface area contributed by atoms with Crippen molar-refractivity contribution in [2.75, 3.05) is 6.61 Å². The molecule has 16 heavy (non-hydrogen) atoms. The number of hydrogen-bond acceptors (Lipinski definition) is 3. The summed E-state index contributed by atoms with van der Waals surface area (Å²) in [6.07, 6.45) is 5.97. The molecule has 0 aliphatic heterocycles. The van der Waals surface area contributed by atoms with Gasteiger partial charge in [0.1, 0.15) is 0 Å². The molecule has 96 valence electrons. The van der Waals surface area contributed by atoms with Crippen molar-refractivity contribution in [2.24, 2.45) is 5.92 Å². The molecule has 0 aliphatic carbocycles. The molecule has 3 heteroatoms. The second-order valence-corrected chi connectivity index (χ2v) is 4.31. The Bertz CT molecular complexity index is 180. The topological polar surface area (TPSA) is 46.5 Å². The number of esters is 1. The molecule has 0 fully saturated rings. The van der Waals surface area contributed by atoms with Gasteiger partial charge in [-0.1, -0.05) is 39.0 Å². The van der Waals surface area contributed by atoms with E-state index in [0.717, 1.165) is 12.8 Å². The Hall–Kier alpha value is -0.570. The summed E-state index contributed by atoms with van der Waals surface area (Å²) in [5.74, 6) is -0.685. The third-order valence-electron chi connectivity index (χ3n) is 2.84. The second kappa shape index (κ2) is 9.64. The quantitative estimate of drug-likeness (QED) is 0.489. The summed E-state index contributed by atoms with van der Waals surface area (Å²) in [7, 11) is 0. The average molecular weight is 230 g/mol. The predicted octanol–water partition coefficient (Wildman–Crippen LogP) is 2.91. The van der Waals surface area contributed by atoms with Crippen molar-refractivity contribution in [2.45, 2.75) is 65.4 Å². The number of rotatable bonds is 9. The summed E-state index contributed by atoms with van der Waals surface area (Å²) in [4.78, 5) is 11.3. The van der Waals surface area contributed by atoms with Gasteiger partial charge in [-0.2, -0.15) is 0 Å². The molecule has 1 N–H and O–H groups in total. The highest BCUT2D eigenvalue weighted by Crippen LogP contribution is 2.14. The van der Waals surface area contributed by atoms with Crippen LogP contribution in [0, 0.1) is 5.92 Å². The molecular weight excluding hydrogens is 204 g/mol. The van der Waals surface area contributed by atoms with Gasteiger partial charge in [0.25, 0.3) is 0 Å². The van der Waals surface area contributed by atoms with Crippen molar-refractivity contribution in [3.8, 4) is 0 Å². The molecule has 0 heterocycles. The molecule has 0 aromatic carbocycles. The van der Waals surface area contributed by atoms with Gasteiger partial charge in [0.2, 0.25) is 0 Å². The Kier molecular flexibility index (Phi) is 9.30. The smallest absolute Gasteiger partial charge is 0.311 e. The molecule has 2 atom stereocenters. The van der Waals surface area contributed by atoms with E-state index in [4.69, 9.17) is 4.74 Å². The zero-order valence-corrected chi connectivity index (χ0v) is 10.9. The second-order valence-electron chi connectivity index (χ2n) is 4.31. The number of unbranched alkanes of at least 4 members (excludes halogenated alkanes) is 4. The minimum Gasteiger partial charge on any atom is -0.466 e. The summed E-state index contributed by atoms with van der Waals surface area (Å²) in [5.41, 5.74) is 0. The summed E-state index contributed by atoms with van der Waals surface area (Å²) >= 11 is 0. The SMILES string of the molecule is CCCCCCCC(O)C(C)C(=O)OCC. The van der Waals surface area contributed by atoms with Crippen LogP contribution >= 0.6 is 0 Å². The number of aliphatic hydroxyl groups excluding tert-OH is 1. The van der Waals surface area contributed by atoms with E-state index in [-0.39, 0.29) is 5.97 Å². The molecule has 0 bridgehead atoms. The Morgan fingerprint density at radius 3 is 2.38 bits per heavy atom. The van der Waals surface area contributed by atoms with Gasteiger partial charge in [-0.05, 0) is 20.3 Å². The molecule has 0 aromatic heterocycles. The van der Waals surface area contributed by atoms with E-state index in [1.165, 1.54) is 19.3 Å². The van der Waals surface area contributed by atoms with Gasteiger partial charge in [0.15, 0.2) is 0 Å². The fraction of sp³-hybridized carbons (Fsp3) is 0.923. The van der Waals surface area contributed by atoms with Crippen LogP contribution in [0.2, 0.25) is 0 Å². The van der Waals surface area contributed by atoms with Crippen molar-refractivity contribution in [1.29, 1.82) is 0 Å². The number of aliphatic hydroxyl groups is 1. The Labute approximate surface area is 99.2 Å². The summed E-state index contributed by atoms with van der Waals surface area (Å²) in [6, 6.07) is 0. The molecule has 0 amide bonds. The maximum atomic E-state index is 11.3. The number of ether oxygens (including phenoxy) is 1. The van der Waals surface area contributed by atoms with E-state index in [2.05, 4.69) is 6.92 Å². The van der Waals surface area contributed by atoms with E-state index < -0.39 is 12.0 Å². The molecule has 0 saturated heterocycles. The molecule has 0 spiro atoms. The maximum Gasteiger partial charge on any atom is 0.311 e. The first-order valence-electron chi connectivity index (χ1n) is 6.48. The first-order chi connectivity index (χ1) is 7.63. The van der Waals surface area contributed by atoms with Gasteiger partial charge in [-0.3, -0.25) is 4.79 Å². The van der Waals surface area contributed by atoms with Gasteiger partial charge >= 0.3 is 5.97 Å². The molecular formula is C13H26O3. The van der Waals surface area contributed by atoms with Crippen LogP contribution in [0.15, 0.2) is 0 Å². The van der Waals surface area contributed by atoms with E-state index in [1.807, 2.05) is 0 Å². The van der Waals surface area contributed by atoms with Gasteiger partial charge in [0.05, 0.1) is 18.6 Å². The highest BCUT2D eigenvalue weighted by molar-refractivity contribution is 5.72. The van der Waals surface area contributed by atoms with Gasteiger partial charge in [-0.15, -0.1) is 0 Å². The number of carbonyl (C=O) groups excluding carboxylic acids is 1. The van der Waals surface area contributed by atoms with Gasteiger partial charge < -0.3 is 9.84 Å². The van der Waals surface area contributed by atoms with Crippen LogP contribution in [0.1, 0.15) is 59.3 Å². The summed E-state index contributed by atoms with van der Waals surface area (Å²) < 4.78 is 4.87. The van der Waals surface area contributed by atoms with Crippen LogP contribution in [0.5, 0.6) is 0 Å². The molecule has 0 radical (unpaired) electrons. The minimum atomic E-state index is -0.555. The minimum absolute atomic E-state index is 0.288. The van der Waals surface area contributed by atoms with Crippen molar-refractivity contribution >= 4 is 5.97 Å². The molecule has 0 rings (SSSR count). The Morgan fingerprint density at radius 1 is 1.19 bits per heavy atom. The predicted molar refractivity (Wildman–Crippen MR) is 65.2 cm³/mol. The zero-order chi connectivity index (χ0) is 12.4. The lowest BCUT2D eigenvalue weighted by atomic mass is 9.99. The summed E-state index contributed by atoms with van der Waals surface area (Å²) in [5, 5.41) is 9.77. The van der Waals surface area contributed by atoms with Crippen LogP contribution in [0.3, 0.4) is 0 Å². The highest BCUT2D eigenvalue weighted by atomic mass is 16.5. The molecule has 0 aromatic rings. The average Bonchev–Trinajstić information content (AvgIpc) is 2.27. The third-order valence-corrected chi connectivity index (χ3v) is 2.84. The standard InChI is InChI=1S/C13H26O3/c1-4-6-7-8-9-10-12(14)11(3)13(15)16-5-2/h11-12,14H,4-10H2,1-3H3. The van der Waals surface area contributed by atoms with Crippen LogP contribution in [-0.2, 0) is 9.53 Å². The van der Waals surface area contributed by atoms with Crippen molar-refractivity contribution in [1.82, 2.24) is 0 Å². The molecule has 0 aliphatic rings. The van der Waals surface area contributed by atoms with Gasteiger partial charge in [0, 0.05) is 0 Å². The van der Waals surface area contributed by atoms with Crippen molar-refractivity contribution < 1.29 is 14.6 Å². The highest BCUT2D eigenvalue weighted by Gasteiger charge is 2.22. The van der Waals surface area contributed by atoms with Crippen molar-refractivity contribution in [3.63, 3.8) is 0 Å². The lowest BCUT2D eigenvalue weighted by Crippen LogP contribution is -2.27. The van der Waals surface area contributed by atoms with E-state index in [1.54, 1.807) is 13.8 Å². The fourth-order valence-corrected chi connectivity index (χ4v) is 1.64. The third kappa shape index (κ3) is 6.83. The Morgan fingerprint density at radius 2 is 1.81 bits per heavy atom. The van der Waals surface area contributed by atoms with Crippen LogP contribution in [0.25, 0.3) is 0 Å². The van der Waals surface area contributed by atoms with E-state index >= 15 is 0 Å². The van der Waals surface area contributed by atoms with Crippen LogP contribution in [0.4, 0.5) is 0 Å². The monoisotopic (exact) mass is 230 g/mol. The maximum absolute atomic E-state index is 11.3. The zero-order valence-electron chi connectivity index (χ0n) is 10.9. The fourth-order valence-electron chi connectivity index (χ4n) is 1.64.